The monoisotopic (exact) mass is 356 g/mol. The van der Waals surface area contributed by atoms with Gasteiger partial charge in [-0.2, -0.15) is 0 Å². The van der Waals surface area contributed by atoms with Gasteiger partial charge in [0.25, 0.3) is 5.22 Å². The van der Waals surface area contributed by atoms with Gasteiger partial charge < -0.3 is 19.2 Å². The second-order valence-corrected chi connectivity index (χ2v) is 5.95. The number of thioether (sulfide) groups is 1. The zero-order valence-electron chi connectivity index (χ0n) is 12.8. The summed E-state index contributed by atoms with van der Waals surface area (Å²) in [5.41, 5.74) is 1.36. The first-order valence-corrected chi connectivity index (χ1v) is 8.33. The predicted octanol–water partition coefficient (Wildman–Crippen LogP) is 2.59. The Morgan fingerprint density at radius 1 is 1.20 bits per heavy atom. The zero-order chi connectivity index (χ0) is 17.1. The first kappa shape index (κ1) is 15.5. The number of carbonyl (C=O) groups excluding carboxylic acids is 1. The van der Waals surface area contributed by atoms with E-state index in [0.717, 1.165) is 17.3 Å². The number of benzene rings is 1. The lowest BCUT2D eigenvalue weighted by atomic mass is 10.3. The van der Waals surface area contributed by atoms with E-state index in [1.165, 1.54) is 0 Å². The Hall–Kier alpha value is -3.07. The molecule has 0 unspecified atom stereocenters. The fourth-order valence-electron chi connectivity index (χ4n) is 2.17. The lowest BCUT2D eigenvalue weighted by Crippen LogP contribution is -2.13. The Morgan fingerprint density at radius 3 is 3.00 bits per heavy atom. The summed E-state index contributed by atoms with van der Waals surface area (Å²) < 4.78 is 16.0. The Bertz CT molecular complexity index is 900. The maximum absolute atomic E-state index is 12.1. The van der Waals surface area contributed by atoms with E-state index in [2.05, 4.69) is 20.5 Å². The van der Waals surface area contributed by atoms with E-state index in [1.807, 2.05) is 6.07 Å². The lowest BCUT2D eigenvalue weighted by molar-refractivity contribution is -0.113. The number of hydrogen-bond acceptors (Lipinski definition) is 8. The summed E-state index contributed by atoms with van der Waals surface area (Å²) in [6.07, 6.45) is 3.30. The van der Waals surface area contributed by atoms with Crippen LogP contribution in [0.3, 0.4) is 0 Å². The minimum Gasteiger partial charge on any atom is -0.454 e. The van der Waals surface area contributed by atoms with Crippen molar-refractivity contribution in [2.45, 2.75) is 5.22 Å². The highest BCUT2D eigenvalue weighted by molar-refractivity contribution is 7.99. The van der Waals surface area contributed by atoms with Gasteiger partial charge in [0, 0.05) is 24.1 Å². The average molecular weight is 356 g/mol. The summed E-state index contributed by atoms with van der Waals surface area (Å²) in [5, 5.41) is 11.0. The van der Waals surface area contributed by atoms with Crippen LogP contribution >= 0.6 is 11.8 Å². The molecule has 0 atom stereocenters. The van der Waals surface area contributed by atoms with Gasteiger partial charge in [-0.15, -0.1) is 10.2 Å². The quantitative estimate of drug-likeness (QED) is 0.697. The van der Waals surface area contributed by atoms with Crippen molar-refractivity contribution in [3.05, 3.63) is 42.7 Å². The number of anilines is 1. The third kappa shape index (κ3) is 3.56. The maximum atomic E-state index is 12.1. The number of carbonyl (C=O) groups is 1. The summed E-state index contributed by atoms with van der Waals surface area (Å²) in [6, 6.07) is 8.83. The van der Waals surface area contributed by atoms with Crippen molar-refractivity contribution in [3.63, 3.8) is 0 Å². The molecule has 0 fully saturated rings. The van der Waals surface area contributed by atoms with Crippen molar-refractivity contribution in [1.29, 1.82) is 0 Å². The molecule has 3 heterocycles. The molecule has 1 amide bonds. The van der Waals surface area contributed by atoms with Crippen molar-refractivity contribution >= 4 is 23.4 Å². The van der Waals surface area contributed by atoms with Crippen LogP contribution in [0.2, 0.25) is 0 Å². The fourth-order valence-corrected chi connectivity index (χ4v) is 2.74. The van der Waals surface area contributed by atoms with Crippen LogP contribution in [0.5, 0.6) is 11.5 Å². The van der Waals surface area contributed by atoms with E-state index in [-0.39, 0.29) is 18.5 Å². The fraction of sp³-hybridized carbons (Fsp3) is 0.125. The molecular formula is C16H12N4O4S. The third-order valence-electron chi connectivity index (χ3n) is 3.30. The van der Waals surface area contributed by atoms with Gasteiger partial charge in [-0.1, -0.05) is 11.8 Å². The highest BCUT2D eigenvalue weighted by Crippen LogP contribution is 2.34. The number of pyridine rings is 1. The molecule has 126 valence electrons. The summed E-state index contributed by atoms with van der Waals surface area (Å²) in [6.45, 7) is 0.193. The standard InChI is InChI=1S/C16H12N4O4S/c21-14(18-11-3-4-12-13(6-11)23-9-22-12)8-25-16-20-19-15(24-16)10-2-1-5-17-7-10/h1-7H,8-9H2,(H,18,21). The van der Waals surface area contributed by atoms with Crippen LogP contribution in [0.1, 0.15) is 0 Å². The van der Waals surface area contributed by atoms with E-state index < -0.39 is 0 Å². The van der Waals surface area contributed by atoms with Crippen molar-refractivity contribution in [2.75, 3.05) is 17.9 Å². The highest BCUT2D eigenvalue weighted by Gasteiger charge is 2.15. The van der Waals surface area contributed by atoms with Crippen molar-refractivity contribution in [1.82, 2.24) is 15.2 Å². The van der Waals surface area contributed by atoms with E-state index in [9.17, 15) is 4.79 Å². The van der Waals surface area contributed by atoms with Gasteiger partial charge in [0.1, 0.15) is 0 Å². The van der Waals surface area contributed by atoms with Gasteiger partial charge >= 0.3 is 0 Å². The Labute approximate surface area is 146 Å². The largest absolute Gasteiger partial charge is 0.454 e. The van der Waals surface area contributed by atoms with Crippen molar-refractivity contribution in [3.8, 4) is 23.0 Å². The summed E-state index contributed by atoms with van der Waals surface area (Å²) in [7, 11) is 0. The molecule has 1 aliphatic heterocycles. The van der Waals surface area contributed by atoms with E-state index in [0.29, 0.717) is 28.3 Å². The molecule has 25 heavy (non-hydrogen) atoms. The van der Waals surface area contributed by atoms with E-state index >= 15 is 0 Å². The number of fused-ring (bicyclic) bond motifs is 1. The Kier molecular flexibility index (Phi) is 4.21. The first-order valence-electron chi connectivity index (χ1n) is 7.34. The van der Waals surface area contributed by atoms with Crippen LogP contribution in [0.15, 0.2) is 52.4 Å². The summed E-state index contributed by atoms with van der Waals surface area (Å²) >= 11 is 1.16. The van der Waals surface area contributed by atoms with Gasteiger partial charge in [0.05, 0.1) is 11.3 Å². The first-order chi connectivity index (χ1) is 12.3. The molecule has 0 saturated heterocycles. The summed E-state index contributed by atoms with van der Waals surface area (Å²) in [4.78, 5) is 16.1. The van der Waals surface area contributed by atoms with Crippen LogP contribution in [0.25, 0.3) is 11.5 Å². The number of amides is 1. The molecule has 4 rings (SSSR count). The SMILES string of the molecule is O=C(CSc1nnc(-c2cccnc2)o1)Nc1ccc2c(c1)OCO2. The number of nitrogens with zero attached hydrogens (tertiary/aromatic N) is 3. The molecular weight excluding hydrogens is 344 g/mol. The van der Waals surface area contributed by atoms with Crippen LogP contribution in [0.4, 0.5) is 5.69 Å². The number of nitrogens with one attached hydrogen (secondary N) is 1. The molecule has 2 aromatic heterocycles. The normalized spacial score (nSPS) is 12.2. The smallest absolute Gasteiger partial charge is 0.277 e. The third-order valence-corrected chi connectivity index (χ3v) is 4.12. The molecule has 0 bridgehead atoms. The molecule has 8 nitrogen and oxygen atoms in total. The van der Waals surface area contributed by atoms with Crippen molar-refractivity contribution in [2.24, 2.45) is 0 Å². The van der Waals surface area contributed by atoms with Crippen LogP contribution in [-0.2, 0) is 4.79 Å². The molecule has 1 aliphatic rings. The molecule has 0 spiro atoms. The Morgan fingerprint density at radius 2 is 2.12 bits per heavy atom. The number of aromatic nitrogens is 3. The van der Waals surface area contributed by atoms with Gasteiger partial charge in [-0.05, 0) is 24.3 Å². The highest BCUT2D eigenvalue weighted by atomic mass is 32.2. The molecule has 0 aliphatic carbocycles. The minimum absolute atomic E-state index is 0.142. The molecule has 1 aromatic carbocycles. The average Bonchev–Trinajstić information content (AvgIpc) is 3.30. The van der Waals surface area contributed by atoms with Crippen LogP contribution < -0.4 is 14.8 Å². The second kappa shape index (κ2) is 6.81. The minimum atomic E-state index is -0.190. The molecule has 9 heteroatoms. The van der Waals surface area contributed by atoms with E-state index in [1.54, 1.807) is 36.7 Å². The van der Waals surface area contributed by atoms with Gasteiger partial charge in [0.2, 0.25) is 18.6 Å². The predicted molar refractivity (Wildman–Crippen MR) is 89.4 cm³/mol. The van der Waals surface area contributed by atoms with Crippen molar-refractivity contribution < 1.29 is 18.7 Å². The molecule has 1 N–H and O–H groups in total. The maximum Gasteiger partial charge on any atom is 0.277 e. The zero-order valence-corrected chi connectivity index (χ0v) is 13.7. The number of rotatable bonds is 5. The van der Waals surface area contributed by atoms with Crippen LogP contribution in [-0.4, -0.2) is 33.6 Å². The second-order valence-electron chi connectivity index (χ2n) is 5.02. The molecule has 0 radical (unpaired) electrons. The number of ether oxygens (including phenoxy) is 2. The molecule has 0 saturated carbocycles. The van der Waals surface area contributed by atoms with Gasteiger partial charge in [-0.25, -0.2) is 0 Å². The molecule has 3 aromatic rings. The lowest BCUT2D eigenvalue weighted by Gasteiger charge is -2.05. The van der Waals surface area contributed by atoms with Crippen LogP contribution in [0, 0.1) is 0 Å². The summed E-state index contributed by atoms with van der Waals surface area (Å²) in [5.74, 6) is 1.60. The van der Waals surface area contributed by atoms with Gasteiger partial charge in [0.15, 0.2) is 11.5 Å². The Balaban J connectivity index is 1.34. The van der Waals surface area contributed by atoms with Gasteiger partial charge in [-0.3, -0.25) is 9.78 Å². The number of hydrogen-bond donors (Lipinski definition) is 1. The topological polar surface area (TPSA) is 99.4 Å². The van der Waals surface area contributed by atoms with E-state index in [4.69, 9.17) is 13.9 Å².